The van der Waals surface area contributed by atoms with Crippen LogP contribution in [0.4, 0.5) is 4.79 Å². The summed E-state index contributed by atoms with van der Waals surface area (Å²) in [5.41, 5.74) is 0.631. The lowest BCUT2D eigenvalue weighted by Gasteiger charge is -2.47. The van der Waals surface area contributed by atoms with Crippen LogP contribution in [0.2, 0.25) is 0 Å². The summed E-state index contributed by atoms with van der Waals surface area (Å²) in [6.07, 6.45) is -0.293. The molecule has 13 heteroatoms. The van der Waals surface area contributed by atoms with Crippen molar-refractivity contribution in [2.45, 2.75) is 40.1 Å². The van der Waals surface area contributed by atoms with Crippen molar-refractivity contribution < 1.29 is 47.7 Å². The molecular formula is C29H35NO9PS2+. The zero-order valence-electron chi connectivity index (χ0n) is 23.5. The Kier molecular flexibility index (Phi) is 11.9. The number of aliphatic carboxylic acids is 1. The van der Waals surface area contributed by atoms with Crippen LogP contribution in [0.5, 0.6) is 11.5 Å². The summed E-state index contributed by atoms with van der Waals surface area (Å²) in [5.74, 6) is -0.841. The summed E-state index contributed by atoms with van der Waals surface area (Å²) in [6, 6.07) is 21.9. The fourth-order valence-corrected chi connectivity index (χ4v) is 9.53. The Morgan fingerprint density at radius 2 is 1.36 bits per heavy atom. The molecule has 0 heterocycles. The fourth-order valence-electron chi connectivity index (χ4n) is 4.35. The van der Waals surface area contributed by atoms with Gasteiger partial charge in [0, 0.05) is 0 Å². The zero-order valence-corrected chi connectivity index (χ0v) is 26.1. The first kappa shape index (κ1) is 33.5. The van der Waals surface area contributed by atoms with Crippen molar-refractivity contribution in [2.24, 2.45) is 0 Å². The molecule has 1 unspecified atom stereocenters. The molecule has 0 radical (unpaired) electrons. The molecule has 3 aromatic carbocycles. The molecule has 0 aromatic heterocycles. The number of carboxylic acids is 1. The standard InChI is InChI=1S/C29H34NO9PS2/c1-4-5-19-30(20-27(31)32,28(33)39-21-22-13-7-6-8-14-22)29(40(34,35)36,41-25-17-11-9-15-23(25)37-2)42-26-18-12-10-16-24(26)38-3/h6-18H,4-5,19-21H2,1-3H3,(H2-,31,32,34,35,36)/p+1. The highest BCUT2D eigenvalue weighted by molar-refractivity contribution is 8.24. The van der Waals surface area contributed by atoms with E-state index in [2.05, 4.69) is 0 Å². The predicted molar refractivity (Wildman–Crippen MR) is 162 cm³/mol. The monoisotopic (exact) mass is 636 g/mol. The van der Waals surface area contributed by atoms with Gasteiger partial charge in [-0.25, -0.2) is 4.79 Å². The lowest BCUT2D eigenvalue weighted by molar-refractivity contribution is -0.858. The molecule has 0 fully saturated rings. The lowest BCUT2D eigenvalue weighted by Crippen LogP contribution is -2.66. The number of carbonyl (C=O) groups is 2. The summed E-state index contributed by atoms with van der Waals surface area (Å²) in [5, 5.41) is 10.2. The fraction of sp³-hybridized carbons (Fsp3) is 0.310. The first-order valence-electron chi connectivity index (χ1n) is 13.0. The Morgan fingerprint density at radius 3 is 1.81 bits per heavy atom. The van der Waals surface area contributed by atoms with Crippen LogP contribution >= 0.6 is 31.1 Å². The normalized spacial score (nSPS) is 13.2. The van der Waals surface area contributed by atoms with Gasteiger partial charge in [-0.3, -0.25) is 4.57 Å². The summed E-state index contributed by atoms with van der Waals surface area (Å²) in [6.45, 7) is 0.431. The molecular weight excluding hydrogens is 601 g/mol. The molecule has 3 aromatic rings. The molecule has 0 bridgehead atoms. The molecule has 3 N–H and O–H groups in total. The number of carbonyl (C=O) groups excluding carboxylic acids is 1. The van der Waals surface area contributed by atoms with E-state index >= 15 is 0 Å². The number of unbranched alkanes of at least 4 members (excludes halogenated alkanes) is 1. The number of benzene rings is 3. The average Bonchev–Trinajstić information content (AvgIpc) is 2.97. The van der Waals surface area contributed by atoms with E-state index in [-0.39, 0.29) is 19.6 Å². The Hall–Kier alpha value is -2.99. The molecule has 226 valence electrons. The van der Waals surface area contributed by atoms with Gasteiger partial charge in [0.15, 0.2) is 6.54 Å². The molecule has 0 spiro atoms. The van der Waals surface area contributed by atoms with Crippen LogP contribution in [0, 0.1) is 0 Å². The van der Waals surface area contributed by atoms with E-state index in [0.29, 0.717) is 56.8 Å². The van der Waals surface area contributed by atoms with Crippen LogP contribution in [-0.4, -0.2) is 62.7 Å². The van der Waals surface area contributed by atoms with Crippen LogP contribution in [0.15, 0.2) is 88.7 Å². The summed E-state index contributed by atoms with van der Waals surface area (Å²) < 4.78 is 27.0. The highest BCUT2D eigenvalue weighted by Gasteiger charge is 2.70. The Bertz CT molecular complexity index is 1350. The van der Waals surface area contributed by atoms with Crippen LogP contribution in [-0.2, 0) is 20.7 Å². The van der Waals surface area contributed by atoms with Crippen molar-refractivity contribution in [1.82, 2.24) is 0 Å². The van der Waals surface area contributed by atoms with Gasteiger partial charge in [-0.2, -0.15) is 9.28 Å². The van der Waals surface area contributed by atoms with Gasteiger partial charge >= 0.3 is 23.6 Å². The highest BCUT2D eigenvalue weighted by Crippen LogP contribution is 2.72. The summed E-state index contributed by atoms with van der Waals surface area (Å²) in [4.78, 5) is 50.1. The number of rotatable bonds is 15. The van der Waals surface area contributed by atoms with Crippen molar-refractivity contribution >= 4 is 43.2 Å². The van der Waals surface area contributed by atoms with E-state index in [1.165, 1.54) is 14.2 Å². The number of hydrogen-bond acceptors (Lipinski definition) is 8. The molecule has 0 saturated carbocycles. The SMILES string of the molecule is CCCC[N+](CC(=O)O)(C(=O)OCc1ccccc1)C(Sc1ccccc1OC)(Sc1ccccc1OC)P(=O)(O)O. The van der Waals surface area contributed by atoms with E-state index in [1.54, 1.807) is 78.9 Å². The Balaban J connectivity index is 2.37. The number of nitrogens with zero attached hydrogens (tertiary/aromatic N) is 1. The third-order valence-corrected chi connectivity index (χ3v) is 12.3. The highest BCUT2D eigenvalue weighted by atomic mass is 32.2. The van der Waals surface area contributed by atoms with Crippen molar-refractivity contribution in [2.75, 3.05) is 27.3 Å². The van der Waals surface area contributed by atoms with Gasteiger partial charge in [-0.05, 0) is 59.8 Å². The summed E-state index contributed by atoms with van der Waals surface area (Å²) >= 11 is 1.37. The van der Waals surface area contributed by atoms with Crippen LogP contribution < -0.4 is 9.47 Å². The van der Waals surface area contributed by atoms with Gasteiger partial charge in [0.1, 0.15) is 18.1 Å². The number of hydrogen-bond donors (Lipinski definition) is 3. The first-order chi connectivity index (χ1) is 20.0. The van der Waals surface area contributed by atoms with Gasteiger partial charge in [0.2, 0.25) is 0 Å². The van der Waals surface area contributed by atoms with Gasteiger partial charge in [0.25, 0.3) is 0 Å². The Labute approximate surface area is 253 Å². The van der Waals surface area contributed by atoms with E-state index < -0.39 is 34.6 Å². The molecule has 0 saturated heterocycles. The molecule has 10 nitrogen and oxygen atoms in total. The number of methoxy groups -OCH3 is 2. The minimum absolute atomic E-state index is 0.221. The third-order valence-electron chi connectivity index (χ3n) is 6.39. The maximum Gasteiger partial charge on any atom is 0.519 e. The van der Waals surface area contributed by atoms with E-state index in [1.807, 2.05) is 6.92 Å². The zero-order chi connectivity index (χ0) is 30.8. The minimum Gasteiger partial charge on any atom is -0.496 e. The van der Waals surface area contributed by atoms with Gasteiger partial charge in [0.05, 0.1) is 30.6 Å². The third kappa shape index (κ3) is 7.50. The molecule has 42 heavy (non-hydrogen) atoms. The van der Waals surface area contributed by atoms with E-state index in [9.17, 15) is 29.0 Å². The number of para-hydroxylation sites is 2. The molecule has 0 aliphatic carbocycles. The number of amides is 1. The quantitative estimate of drug-likeness (QED) is 0.0737. The van der Waals surface area contributed by atoms with Crippen molar-refractivity contribution in [3.63, 3.8) is 0 Å². The molecule has 1 amide bonds. The topological polar surface area (TPSA) is 140 Å². The van der Waals surface area contributed by atoms with Gasteiger partial charge in [-0.1, -0.05) is 67.9 Å². The van der Waals surface area contributed by atoms with Crippen LogP contribution in [0.3, 0.4) is 0 Å². The minimum atomic E-state index is -5.44. The number of thioether (sulfide) groups is 2. The van der Waals surface area contributed by atoms with E-state index in [0.717, 1.165) is 0 Å². The van der Waals surface area contributed by atoms with Crippen molar-refractivity contribution in [3.8, 4) is 11.5 Å². The second-order valence-corrected chi connectivity index (χ2v) is 14.3. The predicted octanol–water partition coefficient (Wildman–Crippen LogP) is 6.42. The second-order valence-electron chi connectivity index (χ2n) is 9.24. The first-order valence-corrected chi connectivity index (χ1v) is 16.3. The second kappa shape index (κ2) is 15.0. The van der Waals surface area contributed by atoms with Gasteiger partial charge < -0.3 is 29.1 Å². The lowest BCUT2D eigenvalue weighted by atomic mass is 10.2. The molecule has 0 aliphatic heterocycles. The average molecular weight is 637 g/mol. The summed E-state index contributed by atoms with van der Waals surface area (Å²) in [7, 11) is -2.62. The van der Waals surface area contributed by atoms with Gasteiger partial charge in [-0.15, -0.1) is 0 Å². The molecule has 0 aliphatic rings. The Morgan fingerprint density at radius 1 is 0.857 bits per heavy atom. The van der Waals surface area contributed by atoms with Crippen LogP contribution in [0.1, 0.15) is 25.3 Å². The van der Waals surface area contributed by atoms with Crippen molar-refractivity contribution in [1.29, 1.82) is 0 Å². The maximum atomic E-state index is 14.3. The smallest absolute Gasteiger partial charge is 0.496 e. The van der Waals surface area contributed by atoms with Crippen LogP contribution in [0.25, 0.3) is 0 Å². The number of ether oxygens (including phenoxy) is 3. The maximum absolute atomic E-state index is 14.3. The number of carboxylic acid groups (broad SMARTS) is 1. The molecule has 1 atom stereocenters. The molecule has 3 rings (SSSR count). The van der Waals surface area contributed by atoms with E-state index in [4.69, 9.17) is 14.2 Å². The number of quaternary nitrogens is 1. The largest absolute Gasteiger partial charge is 0.519 e. The van der Waals surface area contributed by atoms with Crippen molar-refractivity contribution in [3.05, 3.63) is 84.4 Å².